The first kappa shape index (κ1) is 20.8. The molecule has 152 valence electrons. The third-order valence-electron chi connectivity index (χ3n) is 4.81. The first-order valence-electron chi connectivity index (χ1n) is 8.94. The third-order valence-corrected chi connectivity index (χ3v) is 5.87. The van der Waals surface area contributed by atoms with Gasteiger partial charge in [-0.1, -0.05) is 51.3 Å². The molecule has 30 heavy (non-hydrogen) atoms. The fourth-order valence-electron chi connectivity index (χ4n) is 3.49. The number of hydrogen-bond donors (Lipinski definition) is 1. The summed E-state index contributed by atoms with van der Waals surface area (Å²) in [4.78, 5) is 27.6. The Labute approximate surface area is 190 Å². The van der Waals surface area contributed by atoms with E-state index in [2.05, 4.69) is 21.2 Å². The standard InChI is InChI=1S/C22H14BrCl2FN2O2/c23-13-3-7-18(25)16(9-13)22(30)28-11-20(29)27-19-8-4-14(24)10-17(19)21(28)12-1-5-15(26)6-2-12/h1-10,21H,11H2,(H,27,29). The quantitative estimate of drug-likeness (QED) is 0.457. The summed E-state index contributed by atoms with van der Waals surface area (Å²) in [5, 5.41) is 3.53. The van der Waals surface area contributed by atoms with Crippen molar-refractivity contribution in [1.82, 2.24) is 4.90 Å². The summed E-state index contributed by atoms with van der Waals surface area (Å²) >= 11 is 15.9. The number of carbonyl (C=O) groups is 2. The first-order chi connectivity index (χ1) is 14.3. The molecule has 4 rings (SSSR count). The highest BCUT2D eigenvalue weighted by Crippen LogP contribution is 2.38. The van der Waals surface area contributed by atoms with Crippen LogP contribution in [0.1, 0.15) is 27.5 Å². The number of benzene rings is 3. The van der Waals surface area contributed by atoms with Gasteiger partial charge in [0.1, 0.15) is 12.4 Å². The summed E-state index contributed by atoms with van der Waals surface area (Å²) in [6, 6.07) is 15.1. The highest BCUT2D eigenvalue weighted by molar-refractivity contribution is 9.10. The van der Waals surface area contributed by atoms with E-state index >= 15 is 0 Å². The van der Waals surface area contributed by atoms with Gasteiger partial charge in [0, 0.05) is 20.7 Å². The zero-order valence-electron chi connectivity index (χ0n) is 15.3. The molecular weight excluding hydrogens is 494 g/mol. The number of amides is 2. The molecule has 0 radical (unpaired) electrons. The number of halogens is 4. The average molecular weight is 508 g/mol. The van der Waals surface area contributed by atoms with E-state index in [1.165, 1.54) is 17.0 Å². The van der Waals surface area contributed by atoms with Crippen LogP contribution in [0.4, 0.5) is 10.1 Å². The van der Waals surface area contributed by atoms with Crippen molar-refractivity contribution in [3.63, 3.8) is 0 Å². The fraction of sp³-hybridized carbons (Fsp3) is 0.0909. The Kier molecular flexibility index (Phi) is 5.82. The lowest BCUT2D eigenvalue weighted by atomic mass is 9.95. The van der Waals surface area contributed by atoms with Crippen LogP contribution in [-0.2, 0) is 4.79 Å². The highest BCUT2D eigenvalue weighted by Gasteiger charge is 2.34. The van der Waals surface area contributed by atoms with Gasteiger partial charge in [0.05, 0.1) is 16.6 Å². The molecule has 2 amide bonds. The number of nitrogens with one attached hydrogen (secondary N) is 1. The van der Waals surface area contributed by atoms with Gasteiger partial charge in [0.15, 0.2) is 0 Å². The van der Waals surface area contributed by atoms with Crippen molar-refractivity contribution in [2.45, 2.75) is 6.04 Å². The Morgan fingerprint density at radius 2 is 1.80 bits per heavy atom. The molecule has 1 atom stereocenters. The molecule has 3 aromatic carbocycles. The summed E-state index contributed by atoms with van der Waals surface area (Å²) in [5.74, 6) is -1.19. The molecule has 0 spiro atoms. The molecule has 8 heteroatoms. The van der Waals surface area contributed by atoms with Crippen LogP contribution in [-0.4, -0.2) is 23.3 Å². The van der Waals surface area contributed by atoms with Gasteiger partial charge in [-0.25, -0.2) is 4.39 Å². The zero-order valence-corrected chi connectivity index (χ0v) is 18.4. The first-order valence-corrected chi connectivity index (χ1v) is 10.5. The molecule has 3 aromatic rings. The smallest absolute Gasteiger partial charge is 0.256 e. The number of fused-ring (bicyclic) bond motifs is 1. The Balaban J connectivity index is 1.92. The van der Waals surface area contributed by atoms with Gasteiger partial charge in [0.2, 0.25) is 5.91 Å². The van der Waals surface area contributed by atoms with Crippen LogP contribution in [0.3, 0.4) is 0 Å². The van der Waals surface area contributed by atoms with E-state index < -0.39 is 17.8 Å². The summed E-state index contributed by atoms with van der Waals surface area (Å²) in [6.45, 7) is -0.212. The lowest BCUT2D eigenvalue weighted by molar-refractivity contribution is -0.117. The number of nitrogens with zero attached hydrogens (tertiary/aromatic N) is 1. The highest BCUT2D eigenvalue weighted by atomic mass is 79.9. The summed E-state index contributed by atoms with van der Waals surface area (Å²) in [6.07, 6.45) is 0. The predicted octanol–water partition coefficient (Wildman–Crippen LogP) is 6.08. The van der Waals surface area contributed by atoms with Crippen molar-refractivity contribution in [3.8, 4) is 0 Å². The third kappa shape index (κ3) is 4.08. The Bertz CT molecular complexity index is 1150. The molecule has 0 aliphatic carbocycles. The van der Waals surface area contributed by atoms with Gasteiger partial charge in [0.25, 0.3) is 5.91 Å². The topological polar surface area (TPSA) is 49.4 Å². The van der Waals surface area contributed by atoms with Gasteiger partial charge < -0.3 is 10.2 Å². The minimum atomic E-state index is -0.680. The monoisotopic (exact) mass is 506 g/mol. The summed E-state index contributed by atoms with van der Waals surface area (Å²) in [5.41, 5.74) is 2.04. The van der Waals surface area contributed by atoms with Gasteiger partial charge in [-0.15, -0.1) is 0 Å². The maximum absolute atomic E-state index is 13.6. The van der Waals surface area contributed by atoms with Gasteiger partial charge in [-0.2, -0.15) is 0 Å². The molecule has 0 saturated carbocycles. The molecule has 0 bridgehead atoms. The van der Waals surface area contributed by atoms with E-state index in [-0.39, 0.29) is 23.0 Å². The molecule has 4 nitrogen and oxygen atoms in total. The normalized spacial score (nSPS) is 15.9. The number of rotatable bonds is 2. The second-order valence-electron chi connectivity index (χ2n) is 6.79. The van der Waals surface area contributed by atoms with Crippen molar-refractivity contribution in [3.05, 3.63) is 97.7 Å². The van der Waals surface area contributed by atoms with E-state index in [1.807, 2.05) is 0 Å². The van der Waals surface area contributed by atoms with E-state index in [4.69, 9.17) is 23.2 Å². The summed E-state index contributed by atoms with van der Waals surface area (Å²) in [7, 11) is 0. The number of anilines is 1. The van der Waals surface area contributed by atoms with Crippen molar-refractivity contribution >= 4 is 56.6 Å². The SMILES string of the molecule is O=C1CN(C(=O)c2cc(Br)ccc2Cl)C(c2ccc(F)cc2)c2cc(Cl)ccc2N1. The Morgan fingerprint density at radius 3 is 2.53 bits per heavy atom. The average Bonchev–Trinajstić information content (AvgIpc) is 2.85. The number of hydrogen-bond acceptors (Lipinski definition) is 2. The van der Waals surface area contributed by atoms with Crippen LogP contribution in [0.25, 0.3) is 0 Å². The zero-order chi connectivity index (χ0) is 21.4. The molecule has 0 fully saturated rings. The van der Waals surface area contributed by atoms with Crippen LogP contribution >= 0.6 is 39.1 Å². The molecule has 1 aliphatic rings. The molecule has 0 aromatic heterocycles. The van der Waals surface area contributed by atoms with Crippen molar-refractivity contribution in [1.29, 1.82) is 0 Å². The minimum Gasteiger partial charge on any atom is -0.324 e. The van der Waals surface area contributed by atoms with Gasteiger partial charge in [-0.3, -0.25) is 9.59 Å². The maximum Gasteiger partial charge on any atom is 0.256 e. The maximum atomic E-state index is 13.6. The predicted molar refractivity (Wildman–Crippen MR) is 119 cm³/mol. The van der Waals surface area contributed by atoms with Crippen molar-refractivity contribution in [2.24, 2.45) is 0 Å². The molecular formula is C22H14BrCl2FN2O2. The largest absolute Gasteiger partial charge is 0.324 e. The summed E-state index contributed by atoms with van der Waals surface area (Å²) < 4.78 is 14.3. The second kappa shape index (κ2) is 8.38. The van der Waals surface area contributed by atoms with Gasteiger partial charge >= 0.3 is 0 Å². The van der Waals surface area contributed by atoms with E-state index in [1.54, 1.807) is 48.5 Å². The lowest BCUT2D eigenvalue weighted by Crippen LogP contribution is -2.39. The lowest BCUT2D eigenvalue weighted by Gasteiger charge is -2.31. The van der Waals surface area contributed by atoms with Crippen LogP contribution in [0, 0.1) is 5.82 Å². The van der Waals surface area contributed by atoms with Crippen LogP contribution in [0.2, 0.25) is 10.0 Å². The molecule has 1 aliphatic heterocycles. The van der Waals surface area contributed by atoms with E-state index in [0.717, 1.165) is 0 Å². The Hall–Kier alpha value is -2.41. The minimum absolute atomic E-state index is 0.212. The van der Waals surface area contributed by atoms with Gasteiger partial charge in [-0.05, 0) is 54.1 Å². The molecule has 0 saturated heterocycles. The van der Waals surface area contributed by atoms with Crippen LogP contribution in [0.15, 0.2) is 65.1 Å². The molecule has 1 heterocycles. The molecule has 1 unspecified atom stereocenters. The van der Waals surface area contributed by atoms with E-state index in [9.17, 15) is 14.0 Å². The molecule has 1 N–H and O–H groups in total. The van der Waals surface area contributed by atoms with Crippen LogP contribution < -0.4 is 5.32 Å². The Morgan fingerprint density at radius 1 is 1.07 bits per heavy atom. The van der Waals surface area contributed by atoms with Crippen molar-refractivity contribution < 1.29 is 14.0 Å². The fourth-order valence-corrected chi connectivity index (χ4v) is 4.23. The van der Waals surface area contributed by atoms with Crippen molar-refractivity contribution in [2.75, 3.05) is 11.9 Å². The van der Waals surface area contributed by atoms with Crippen LogP contribution in [0.5, 0.6) is 0 Å². The van der Waals surface area contributed by atoms with E-state index in [0.29, 0.717) is 26.3 Å². The number of carbonyl (C=O) groups excluding carboxylic acids is 2. The second-order valence-corrected chi connectivity index (χ2v) is 8.55.